The maximum atomic E-state index is 11.6. The quantitative estimate of drug-likeness (QED) is 0.376. The predicted octanol–water partition coefficient (Wildman–Crippen LogP) is 3.65. The van der Waals surface area contributed by atoms with Crippen molar-refractivity contribution >= 4 is 11.8 Å². The molecule has 0 saturated heterocycles. The number of nitrogens with zero attached hydrogens (tertiary/aromatic N) is 3. The van der Waals surface area contributed by atoms with E-state index < -0.39 is 11.2 Å². The van der Waals surface area contributed by atoms with Crippen LogP contribution < -0.4 is 10.9 Å². The molecule has 0 amide bonds. The van der Waals surface area contributed by atoms with Gasteiger partial charge in [-0.05, 0) is 18.6 Å². The summed E-state index contributed by atoms with van der Waals surface area (Å²) in [5.41, 5.74) is 5.47. The number of rotatable bonds is 7. The first-order valence-corrected chi connectivity index (χ1v) is 10.5. The Labute approximate surface area is 182 Å². The molecule has 3 N–H and O–H groups in total. The normalized spacial score (nSPS) is 10.9. The molecular formula is C22H20N4O4S. The summed E-state index contributed by atoms with van der Waals surface area (Å²) >= 11 is 1.33. The van der Waals surface area contributed by atoms with Crippen LogP contribution in [-0.2, 0) is 12.3 Å². The lowest BCUT2D eigenvalue weighted by atomic mass is 10.1. The third-order valence-electron chi connectivity index (χ3n) is 4.65. The van der Waals surface area contributed by atoms with Crippen LogP contribution in [0.1, 0.15) is 16.9 Å². The van der Waals surface area contributed by atoms with E-state index in [9.17, 15) is 15.0 Å². The highest BCUT2D eigenvalue weighted by atomic mass is 32.2. The van der Waals surface area contributed by atoms with Gasteiger partial charge in [-0.3, -0.25) is 4.79 Å². The molecule has 0 aliphatic heterocycles. The van der Waals surface area contributed by atoms with Gasteiger partial charge in [0.2, 0.25) is 10.6 Å². The average molecular weight is 436 g/mol. The van der Waals surface area contributed by atoms with Gasteiger partial charge in [-0.2, -0.15) is 0 Å². The Bertz CT molecular complexity index is 1270. The Kier molecular flexibility index (Phi) is 5.94. The predicted molar refractivity (Wildman–Crippen MR) is 118 cm³/mol. The molecule has 31 heavy (non-hydrogen) atoms. The Balaban J connectivity index is 1.64. The fraction of sp³-hybridized carbons (Fsp3) is 0.136. The fourth-order valence-corrected chi connectivity index (χ4v) is 3.79. The monoisotopic (exact) mass is 436 g/mol. The Morgan fingerprint density at radius 3 is 2.61 bits per heavy atom. The maximum Gasteiger partial charge on any atom is 0.226 e. The summed E-state index contributed by atoms with van der Waals surface area (Å²) in [7, 11) is 0. The highest BCUT2D eigenvalue weighted by Gasteiger charge is 2.17. The number of aromatic nitrogens is 3. The van der Waals surface area contributed by atoms with Gasteiger partial charge in [0.1, 0.15) is 17.8 Å². The van der Waals surface area contributed by atoms with Gasteiger partial charge in [-0.1, -0.05) is 54.2 Å². The number of aryl methyl sites for hydroxylation is 1. The number of para-hydroxylation sites is 1. The summed E-state index contributed by atoms with van der Waals surface area (Å²) in [6.45, 7) is 2.35. The molecule has 0 radical (unpaired) electrons. The van der Waals surface area contributed by atoms with Crippen LogP contribution >= 0.6 is 11.8 Å². The minimum absolute atomic E-state index is 0.195. The standard InChI is InChI=1S/C22H20N4O4S/c1-14-6-2-4-8-17(14)21-24-25-22(31-13-16-10-19(28)20(29)12-30-16)26(21)23-11-15-7-3-5-9-18(15)27/h2-10,12,23,27,29H,11,13H2,1H3. The van der Waals surface area contributed by atoms with Crippen LogP contribution in [0.3, 0.4) is 0 Å². The summed E-state index contributed by atoms with van der Waals surface area (Å²) in [6, 6.07) is 16.2. The second-order valence-corrected chi connectivity index (χ2v) is 7.75. The van der Waals surface area contributed by atoms with E-state index in [1.807, 2.05) is 43.3 Å². The van der Waals surface area contributed by atoms with Crippen molar-refractivity contribution in [1.29, 1.82) is 0 Å². The van der Waals surface area contributed by atoms with E-state index in [0.717, 1.165) is 23.0 Å². The molecule has 0 aliphatic rings. The van der Waals surface area contributed by atoms with Crippen LogP contribution in [0.2, 0.25) is 0 Å². The lowest BCUT2D eigenvalue weighted by molar-refractivity contribution is 0.419. The minimum atomic E-state index is -0.499. The first kappa shape index (κ1) is 20.5. The van der Waals surface area contributed by atoms with Crippen molar-refractivity contribution in [3.63, 3.8) is 0 Å². The van der Waals surface area contributed by atoms with Crippen molar-refractivity contribution in [2.75, 3.05) is 5.43 Å². The lowest BCUT2D eigenvalue weighted by Crippen LogP contribution is -2.17. The minimum Gasteiger partial charge on any atom is -0.508 e. The zero-order valence-corrected chi connectivity index (χ0v) is 17.5. The molecule has 8 nitrogen and oxygen atoms in total. The number of hydrogen-bond donors (Lipinski definition) is 3. The number of hydrogen-bond acceptors (Lipinski definition) is 8. The summed E-state index contributed by atoms with van der Waals surface area (Å²) in [4.78, 5) is 11.6. The summed E-state index contributed by atoms with van der Waals surface area (Å²) in [5, 5.41) is 28.7. The molecule has 0 unspecified atom stereocenters. The second kappa shape index (κ2) is 8.97. The second-order valence-electron chi connectivity index (χ2n) is 6.80. The van der Waals surface area contributed by atoms with Gasteiger partial charge in [0.25, 0.3) is 0 Å². The van der Waals surface area contributed by atoms with Gasteiger partial charge < -0.3 is 20.1 Å². The summed E-state index contributed by atoms with van der Waals surface area (Å²) in [6.07, 6.45) is 1.03. The van der Waals surface area contributed by atoms with E-state index in [-0.39, 0.29) is 5.75 Å². The largest absolute Gasteiger partial charge is 0.508 e. The zero-order valence-electron chi connectivity index (χ0n) is 16.6. The molecule has 2 aromatic carbocycles. The zero-order chi connectivity index (χ0) is 21.8. The topological polar surface area (TPSA) is 113 Å². The van der Waals surface area contributed by atoms with Gasteiger partial charge in [0, 0.05) is 17.2 Å². The summed E-state index contributed by atoms with van der Waals surface area (Å²) < 4.78 is 7.04. The average Bonchev–Trinajstić information content (AvgIpc) is 3.17. The van der Waals surface area contributed by atoms with E-state index in [4.69, 9.17) is 4.42 Å². The number of thioether (sulfide) groups is 1. The van der Waals surface area contributed by atoms with Crippen LogP contribution in [-0.4, -0.2) is 25.1 Å². The molecule has 0 saturated carbocycles. The van der Waals surface area contributed by atoms with Gasteiger partial charge >= 0.3 is 0 Å². The molecule has 158 valence electrons. The molecule has 0 spiro atoms. The first-order valence-electron chi connectivity index (χ1n) is 9.48. The van der Waals surface area contributed by atoms with Crippen molar-refractivity contribution in [2.45, 2.75) is 24.4 Å². The van der Waals surface area contributed by atoms with Gasteiger partial charge in [0.05, 0.1) is 12.3 Å². The van der Waals surface area contributed by atoms with E-state index in [0.29, 0.717) is 29.0 Å². The molecular weight excluding hydrogens is 416 g/mol. The van der Waals surface area contributed by atoms with Crippen molar-refractivity contribution < 1.29 is 14.6 Å². The van der Waals surface area contributed by atoms with Crippen molar-refractivity contribution in [1.82, 2.24) is 14.9 Å². The molecule has 4 aromatic rings. The summed E-state index contributed by atoms with van der Waals surface area (Å²) in [5.74, 6) is 1.12. The number of benzene rings is 2. The van der Waals surface area contributed by atoms with E-state index in [1.54, 1.807) is 16.8 Å². The van der Waals surface area contributed by atoms with Gasteiger partial charge in [-0.15, -0.1) is 10.2 Å². The van der Waals surface area contributed by atoms with Gasteiger partial charge in [0.15, 0.2) is 11.6 Å². The molecule has 2 heterocycles. The highest BCUT2D eigenvalue weighted by Crippen LogP contribution is 2.27. The molecule has 0 aliphatic carbocycles. The fourth-order valence-electron chi connectivity index (χ4n) is 2.98. The van der Waals surface area contributed by atoms with Crippen LogP contribution in [0.5, 0.6) is 11.5 Å². The Morgan fingerprint density at radius 1 is 1.06 bits per heavy atom. The van der Waals surface area contributed by atoms with E-state index in [1.165, 1.54) is 17.8 Å². The highest BCUT2D eigenvalue weighted by molar-refractivity contribution is 7.98. The number of nitrogens with one attached hydrogen (secondary N) is 1. The molecule has 9 heteroatoms. The molecule has 2 aromatic heterocycles. The molecule has 0 atom stereocenters. The van der Waals surface area contributed by atoms with E-state index >= 15 is 0 Å². The van der Waals surface area contributed by atoms with Crippen LogP contribution in [0, 0.1) is 6.92 Å². The Hall–Kier alpha value is -3.72. The third kappa shape index (κ3) is 4.56. The van der Waals surface area contributed by atoms with Crippen molar-refractivity contribution in [3.05, 3.63) is 88.0 Å². The SMILES string of the molecule is Cc1ccccc1-c1nnc(SCc2cc(=O)c(O)co2)n1NCc1ccccc1O. The first-order chi connectivity index (χ1) is 15.0. The molecule has 0 fully saturated rings. The molecule has 4 rings (SSSR count). The van der Waals surface area contributed by atoms with Crippen LogP contribution in [0.25, 0.3) is 11.4 Å². The maximum absolute atomic E-state index is 11.6. The van der Waals surface area contributed by atoms with Gasteiger partial charge in [-0.25, -0.2) is 4.68 Å². The van der Waals surface area contributed by atoms with Crippen molar-refractivity contribution in [3.8, 4) is 22.9 Å². The van der Waals surface area contributed by atoms with E-state index in [2.05, 4.69) is 15.6 Å². The smallest absolute Gasteiger partial charge is 0.226 e. The lowest BCUT2D eigenvalue weighted by Gasteiger charge is -2.14. The number of phenols is 1. The van der Waals surface area contributed by atoms with Crippen LogP contribution in [0.15, 0.2) is 75.2 Å². The number of aromatic hydroxyl groups is 2. The van der Waals surface area contributed by atoms with Crippen LogP contribution in [0.4, 0.5) is 0 Å². The molecule has 0 bridgehead atoms. The number of phenolic OH excluding ortho intramolecular Hbond substituents is 1. The Morgan fingerprint density at radius 2 is 1.84 bits per heavy atom. The van der Waals surface area contributed by atoms with Crippen molar-refractivity contribution in [2.24, 2.45) is 0 Å². The third-order valence-corrected chi connectivity index (χ3v) is 5.60.